The maximum Gasteiger partial charge on any atom is 0.237 e. The number of carbonyl (C=O) groups excluding carboxylic acids is 1. The van der Waals surface area contributed by atoms with Crippen LogP contribution in [0.4, 0.5) is 4.39 Å². The lowest BCUT2D eigenvalue weighted by Gasteiger charge is -2.39. The highest BCUT2D eigenvalue weighted by Crippen LogP contribution is 2.24. The van der Waals surface area contributed by atoms with E-state index in [-0.39, 0.29) is 23.8 Å². The summed E-state index contributed by atoms with van der Waals surface area (Å²) >= 11 is 0. The third kappa shape index (κ3) is 4.95. The van der Waals surface area contributed by atoms with Gasteiger partial charge in [-0.1, -0.05) is 32.3 Å². The lowest BCUT2D eigenvalue weighted by molar-refractivity contribution is -0.132. The number of nitrogens with zero attached hydrogens (tertiary/aromatic N) is 2. The number of piperazine rings is 1. The van der Waals surface area contributed by atoms with Crippen LogP contribution in [0.15, 0.2) is 34.9 Å². The molecule has 0 saturated carbocycles. The average Bonchev–Trinajstić information content (AvgIpc) is 3.07. The van der Waals surface area contributed by atoms with Crippen LogP contribution in [0.1, 0.15) is 45.7 Å². The Morgan fingerprint density at radius 2 is 2.07 bits per heavy atom. The zero-order chi connectivity index (χ0) is 19.4. The van der Waals surface area contributed by atoms with Crippen molar-refractivity contribution in [1.29, 1.82) is 0 Å². The molecule has 0 unspecified atom stereocenters. The largest absolute Gasteiger partial charge is 0.356 e. The van der Waals surface area contributed by atoms with E-state index in [4.69, 9.17) is 4.52 Å². The summed E-state index contributed by atoms with van der Waals surface area (Å²) in [6.45, 7) is 7.77. The first-order valence-electron chi connectivity index (χ1n) is 9.72. The maximum absolute atomic E-state index is 13.1. The smallest absolute Gasteiger partial charge is 0.237 e. The van der Waals surface area contributed by atoms with E-state index in [0.717, 1.165) is 37.1 Å². The fourth-order valence-corrected chi connectivity index (χ4v) is 3.65. The molecule has 0 bridgehead atoms. The molecule has 1 aliphatic heterocycles. The van der Waals surface area contributed by atoms with E-state index in [0.29, 0.717) is 18.2 Å². The molecule has 1 amide bonds. The third-order valence-corrected chi connectivity index (χ3v) is 4.93. The minimum absolute atomic E-state index is 0.107. The first-order valence-corrected chi connectivity index (χ1v) is 9.72. The van der Waals surface area contributed by atoms with E-state index in [1.54, 1.807) is 12.1 Å². The molecule has 1 saturated heterocycles. The fourth-order valence-electron chi connectivity index (χ4n) is 3.65. The SMILES string of the molecule is CCC[C@H]1CN(Cc2cc(-c3ccc(F)cc3)on2)[C@@H](CC(C)C)C(=O)N1. The van der Waals surface area contributed by atoms with Crippen molar-refractivity contribution in [3.63, 3.8) is 0 Å². The zero-order valence-corrected chi connectivity index (χ0v) is 16.2. The molecule has 0 radical (unpaired) electrons. The number of aromatic nitrogens is 1. The first-order chi connectivity index (χ1) is 13.0. The summed E-state index contributed by atoms with van der Waals surface area (Å²) in [4.78, 5) is 14.9. The van der Waals surface area contributed by atoms with Crippen LogP contribution in [0, 0.1) is 11.7 Å². The Balaban J connectivity index is 1.76. The van der Waals surface area contributed by atoms with Crippen molar-refractivity contribution in [1.82, 2.24) is 15.4 Å². The minimum atomic E-state index is -0.281. The Labute approximate surface area is 159 Å². The van der Waals surface area contributed by atoms with Crippen LogP contribution >= 0.6 is 0 Å². The molecule has 2 aromatic rings. The van der Waals surface area contributed by atoms with Gasteiger partial charge in [-0.15, -0.1) is 0 Å². The van der Waals surface area contributed by atoms with Crippen molar-refractivity contribution in [2.45, 2.75) is 58.7 Å². The summed E-state index contributed by atoms with van der Waals surface area (Å²) in [5.74, 6) is 0.863. The van der Waals surface area contributed by atoms with E-state index in [2.05, 4.69) is 36.1 Å². The van der Waals surface area contributed by atoms with Crippen molar-refractivity contribution in [3.8, 4) is 11.3 Å². The molecular formula is C21H28FN3O2. The summed E-state index contributed by atoms with van der Waals surface area (Å²) < 4.78 is 18.6. The quantitative estimate of drug-likeness (QED) is 0.797. The molecule has 27 heavy (non-hydrogen) atoms. The Kier molecular flexibility index (Phi) is 6.26. The van der Waals surface area contributed by atoms with E-state index in [1.807, 2.05) is 6.07 Å². The van der Waals surface area contributed by atoms with Crippen molar-refractivity contribution >= 4 is 5.91 Å². The van der Waals surface area contributed by atoms with Gasteiger partial charge in [0, 0.05) is 30.8 Å². The number of carbonyl (C=O) groups is 1. The average molecular weight is 373 g/mol. The summed E-state index contributed by atoms with van der Waals surface area (Å²) in [5.41, 5.74) is 1.57. The molecule has 6 heteroatoms. The maximum atomic E-state index is 13.1. The summed E-state index contributed by atoms with van der Waals surface area (Å²) in [6.07, 6.45) is 2.82. The van der Waals surface area contributed by atoms with Crippen LogP contribution in [0.3, 0.4) is 0 Å². The summed E-state index contributed by atoms with van der Waals surface area (Å²) in [7, 11) is 0. The second-order valence-electron chi connectivity index (χ2n) is 7.76. The van der Waals surface area contributed by atoms with Crippen LogP contribution in [0.5, 0.6) is 0 Å². The lowest BCUT2D eigenvalue weighted by Crippen LogP contribution is -2.59. The highest BCUT2D eigenvalue weighted by Gasteiger charge is 2.34. The van der Waals surface area contributed by atoms with Gasteiger partial charge in [0.05, 0.1) is 11.7 Å². The Bertz CT molecular complexity index is 757. The van der Waals surface area contributed by atoms with Gasteiger partial charge in [0.15, 0.2) is 5.76 Å². The van der Waals surface area contributed by atoms with Crippen molar-refractivity contribution in [2.75, 3.05) is 6.54 Å². The van der Waals surface area contributed by atoms with Gasteiger partial charge < -0.3 is 9.84 Å². The molecule has 1 N–H and O–H groups in total. The van der Waals surface area contributed by atoms with Gasteiger partial charge in [0.1, 0.15) is 5.82 Å². The number of hydrogen-bond acceptors (Lipinski definition) is 4. The molecule has 1 aromatic carbocycles. The van der Waals surface area contributed by atoms with Gasteiger partial charge in [-0.2, -0.15) is 0 Å². The zero-order valence-electron chi connectivity index (χ0n) is 16.2. The molecule has 2 atom stereocenters. The molecule has 0 spiro atoms. The molecule has 0 aliphatic carbocycles. The third-order valence-electron chi connectivity index (χ3n) is 4.93. The molecule has 1 fully saturated rings. The van der Waals surface area contributed by atoms with Crippen LogP contribution < -0.4 is 5.32 Å². The summed E-state index contributed by atoms with van der Waals surface area (Å²) in [6, 6.07) is 8.06. The van der Waals surface area contributed by atoms with Crippen molar-refractivity contribution in [3.05, 3.63) is 41.8 Å². The van der Waals surface area contributed by atoms with Crippen LogP contribution in [-0.2, 0) is 11.3 Å². The Morgan fingerprint density at radius 3 is 2.74 bits per heavy atom. The van der Waals surface area contributed by atoms with Crippen molar-refractivity contribution in [2.24, 2.45) is 5.92 Å². The molecule has 1 aromatic heterocycles. The van der Waals surface area contributed by atoms with E-state index < -0.39 is 0 Å². The standard InChI is InChI=1S/C21H28FN3O2/c1-4-5-17-12-25(19(10-14(2)3)21(26)23-17)13-18-11-20(27-24-18)15-6-8-16(22)9-7-15/h6-9,11,14,17,19H,4-5,10,12-13H2,1-3H3,(H,23,26)/t17-,19-/m0/s1. The molecule has 146 valence electrons. The number of nitrogens with one attached hydrogen (secondary N) is 1. The highest BCUT2D eigenvalue weighted by molar-refractivity contribution is 5.82. The molecule has 1 aliphatic rings. The molecule has 3 rings (SSSR count). The van der Waals surface area contributed by atoms with Gasteiger partial charge in [0.25, 0.3) is 0 Å². The first kappa shape index (κ1) is 19.5. The van der Waals surface area contributed by atoms with E-state index in [1.165, 1.54) is 12.1 Å². The van der Waals surface area contributed by atoms with Crippen LogP contribution in [-0.4, -0.2) is 34.6 Å². The molecule has 2 heterocycles. The number of hydrogen-bond donors (Lipinski definition) is 1. The minimum Gasteiger partial charge on any atom is -0.356 e. The molecule has 5 nitrogen and oxygen atoms in total. The monoisotopic (exact) mass is 373 g/mol. The number of rotatable bonds is 7. The predicted octanol–water partition coefficient (Wildman–Crippen LogP) is 4.00. The van der Waals surface area contributed by atoms with Crippen LogP contribution in [0.2, 0.25) is 0 Å². The predicted molar refractivity (Wildman–Crippen MR) is 102 cm³/mol. The van der Waals surface area contributed by atoms with Gasteiger partial charge in [-0.25, -0.2) is 4.39 Å². The lowest BCUT2D eigenvalue weighted by atomic mass is 9.97. The second-order valence-corrected chi connectivity index (χ2v) is 7.76. The Morgan fingerprint density at radius 1 is 1.33 bits per heavy atom. The number of amides is 1. The normalized spacial score (nSPS) is 20.9. The van der Waals surface area contributed by atoms with E-state index >= 15 is 0 Å². The van der Waals surface area contributed by atoms with Crippen molar-refractivity contribution < 1.29 is 13.7 Å². The molecular weight excluding hydrogens is 345 g/mol. The topological polar surface area (TPSA) is 58.4 Å². The second kappa shape index (κ2) is 8.65. The van der Waals surface area contributed by atoms with Gasteiger partial charge in [-0.3, -0.25) is 9.69 Å². The number of halogens is 1. The van der Waals surface area contributed by atoms with Gasteiger partial charge in [0.2, 0.25) is 5.91 Å². The van der Waals surface area contributed by atoms with Gasteiger partial charge >= 0.3 is 0 Å². The van der Waals surface area contributed by atoms with Crippen LogP contribution in [0.25, 0.3) is 11.3 Å². The number of benzene rings is 1. The van der Waals surface area contributed by atoms with E-state index in [9.17, 15) is 9.18 Å². The Hall–Kier alpha value is -2.21. The fraction of sp³-hybridized carbons (Fsp3) is 0.524. The van der Waals surface area contributed by atoms with Gasteiger partial charge in [-0.05, 0) is 43.0 Å². The summed E-state index contributed by atoms with van der Waals surface area (Å²) in [5, 5.41) is 7.34. The highest BCUT2D eigenvalue weighted by atomic mass is 19.1.